The number of methoxy groups -OCH3 is 1. The van der Waals surface area contributed by atoms with Crippen LogP contribution in [-0.4, -0.2) is 42.4 Å². The highest BCUT2D eigenvalue weighted by atomic mass is 16.5. The summed E-state index contributed by atoms with van der Waals surface area (Å²) in [7, 11) is 1.63. The lowest BCUT2D eigenvalue weighted by molar-refractivity contribution is 0.0966. The van der Waals surface area contributed by atoms with E-state index in [4.69, 9.17) is 4.74 Å². The van der Waals surface area contributed by atoms with Crippen LogP contribution in [0.5, 0.6) is 5.75 Å². The van der Waals surface area contributed by atoms with Crippen LogP contribution < -0.4 is 4.74 Å². The van der Waals surface area contributed by atoms with Gasteiger partial charge in [-0.2, -0.15) is 0 Å². The zero-order chi connectivity index (χ0) is 16.1. The number of Topliss-reactive ketones (excluding diaryl/α,β-unsaturated/α-hetero) is 1. The molecule has 4 nitrogen and oxygen atoms in total. The number of likely N-dealkylation sites (tertiary alicyclic amines) is 1. The fourth-order valence-electron chi connectivity index (χ4n) is 3.31. The van der Waals surface area contributed by atoms with Crippen LogP contribution in [0.3, 0.4) is 0 Å². The molecule has 0 N–H and O–H groups in total. The van der Waals surface area contributed by atoms with E-state index < -0.39 is 0 Å². The van der Waals surface area contributed by atoms with Crippen molar-refractivity contribution < 1.29 is 9.53 Å². The Morgan fingerprint density at radius 1 is 1.17 bits per heavy atom. The number of ether oxygens (including phenoxy) is 1. The fourth-order valence-corrected chi connectivity index (χ4v) is 3.31. The highest BCUT2D eigenvalue weighted by molar-refractivity contribution is 6.08. The normalized spacial score (nSPS) is 16.2. The predicted molar refractivity (Wildman–Crippen MR) is 92.2 cm³/mol. The van der Waals surface area contributed by atoms with Crippen molar-refractivity contribution >= 4 is 16.7 Å². The molecule has 1 aromatic carbocycles. The molecule has 23 heavy (non-hydrogen) atoms. The van der Waals surface area contributed by atoms with Crippen molar-refractivity contribution in [2.75, 3.05) is 26.7 Å². The number of pyridine rings is 1. The Kier molecular flexibility index (Phi) is 5.23. The third kappa shape index (κ3) is 3.70. The minimum Gasteiger partial charge on any atom is -0.494 e. The van der Waals surface area contributed by atoms with Gasteiger partial charge in [-0.25, -0.2) is 0 Å². The van der Waals surface area contributed by atoms with Crippen LogP contribution in [0.2, 0.25) is 0 Å². The second-order valence-electron chi connectivity index (χ2n) is 6.14. The highest BCUT2D eigenvalue weighted by Crippen LogP contribution is 2.27. The van der Waals surface area contributed by atoms with Crippen LogP contribution in [0.1, 0.15) is 42.5 Å². The molecule has 0 saturated carbocycles. The van der Waals surface area contributed by atoms with E-state index in [-0.39, 0.29) is 5.78 Å². The summed E-state index contributed by atoms with van der Waals surface area (Å²) in [6, 6.07) is 7.53. The van der Waals surface area contributed by atoms with E-state index in [1.807, 2.05) is 24.3 Å². The van der Waals surface area contributed by atoms with E-state index in [1.54, 1.807) is 13.3 Å². The molecule has 1 aliphatic rings. The van der Waals surface area contributed by atoms with E-state index in [0.717, 1.165) is 36.1 Å². The molecule has 1 aromatic heterocycles. The van der Waals surface area contributed by atoms with Crippen molar-refractivity contribution in [3.05, 3.63) is 36.0 Å². The Balaban J connectivity index is 1.75. The molecular weight excluding hydrogens is 288 g/mol. The van der Waals surface area contributed by atoms with Gasteiger partial charge in [0.2, 0.25) is 0 Å². The minimum absolute atomic E-state index is 0.190. The van der Waals surface area contributed by atoms with Gasteiger partial charge in [-0.1, -0.05) is 18.9 Å². The van der Waals surface area contributed by atoms with Gasteiger partial charge < -0.3 is 9.64 Å². The summed E-state index contributed by atoms with van der Waals surface area (Å²) >= 11 is 0. The summed E-state index contributed by atoms with van der Waals surface area (Å²) in [6.45, 7) is 3.10. The molecule has 4 heteroatoms. The van der Waals surface area contributed by atoms with Crippen LogP contribution in [0.15, 0.2) is 30.5 Å². The lowest BCUT2D eigenvalue weighted by Crippen LogP contribution is -2.27. The average molecular weight is 312 g/mol. The molecule has 0 bridgehead atoms. The molecule has 2 heterocycles. The van der Waals surface area contributed by atoms with Crippen molar-refractivity contribution in [3.63, 3.8) is 0 Å². The van der Waals surface area contributed by atoms with Crippen LogP contribution in [0.4, 0.5) is 0 Å². The summed E-state index contributed by atoms with van der Waals surface area (Å²) in [5, 5.41) is 0.882. The Labute approximate surface area is 137 Å². The van der Waals surface area contributed by atoms with Crippen molar-refractivity contribution in [1.82, 2.24) is 9.88 Å². The van der Waals surface area contributed by atoms with E-state index >= 15 is 0 Å². The summed E-state index contributed by atoms with van der Waals surface area (Å²) in [6.07, 6.45) is 7.44. The maximum absolute atomic E-state index is 12.7. The van der Waals surface area contributed by atoms with Gasteiger partial charge in [0.25, 0.3) is 0 Å². The molecule has 0 radical (unpaired) electrons. The maximum Gasteiger partial charge on any atom is 0.164 e. The molecule has 0 atom stereocenters. The van der Waals surface area contributed by atoms with Crippen molar-refractivity contribution in [1.29, 1.82) is 0 Å². The van der Waals surface area contributed by atoms with Crippen LogP contribution in [0.25, 0.3) is 10.9 Å². The monoisotopic (exact) mass is 312 g/mol. The standard InChI is InChI=1S/C19H24N2O2/c1-23-18-9-8-15(16-7-6-11-20-19(16)18)17(22)10-14-21-12-4-2-3-5-13-21/h6-9,11H,2-5,10,12-14H2,1H3. The van der Waals surface area contributed by atoms with Gasteiger partial charge in [0.15, 0.2) is 5.78 Å². The molecule has 0 spiro atoms. The number of benzene rings is 1. The Morgan fingerprint density at radius 2 is 1.96 bits per heavy atom. The first-order valence-corrected chi connectivity index (χ1v) is 8.47. The van der Waals surface area contributed by atoms with E-state index in [9.17, 15) is 4.79 Å². The minimum atomic E-state index is 0.190. The number of hydrogen-bond acceptors (Lipinski definition) is 4. The topological polar surface area (TPSA) is 42.4 Å². The smallest absolute Gasteiger partial charge is 0.164 e. The zero-order valence-corrected chi connectivity index (χ0v) is 13.8. The zero-order valence-electron chi connectivity index (χ0n) is 13.8. The highest BCUT2D eigenvalue weighted by Gasteiger charge is 2.15. The molecule has 122 valence electrons. The third-order valence-electron chi connectivity index (χ3n) is 4.61. The van der Waals surface area contributed by atoms with Gasteiger partial charge in [0, 0.05) is 30.1 Å². The van der Waals surface area contributed by atoms with Crippen LogP contribution in [0, 0.1) is 0 Å². The summed E-state index contributed by atoms with van der Waals surface area (Å²) < 4.78 is 5.35. The first-order valence-electron chi connectivity index (χ1n) is 8.47. The number of nitrogens with zero attached hydrogens (tertiary/aromatic N) is 2. The number of carbonyl (C=O) groups is 1. The van der Waals surface area contributed by atoms with E-state index in [0.29, 0.717) is 12.2 Å². The van der Waals surface area contributed by atoms with Crippen molar-refractivity contribution in [2.24, 2.45) is 0 Å². The Morgan fingerprint density at radius 3 is 2.70 bits per heavy atom. The van der Waals surface area contributed by atoms with Gasteiger partial charge in [-0.3, -0.25) is 9.78 Å². The number of fused-ring (bicyclic) bond motifs is 1. The second kappa shape index (κ2) is 7.55. The fraction of sp³-hybridized carbons (Fsp3) is 0.474. The third-order valence-corrected chi connectivity index (χ3v) is 4.61. The second-order valence-corrected chi connectivity index (χ2v) is 6.14. The first kappa shape index (κ1) is 15.9. The Hall–Kier alpha value is -1.94. The quantitative estimate of drug-likeness (QED) is 0.790. The molecule has 0 unspecified atom stereocenters. The predicted octanol–water partition coefficient (Wildman–Crippen LogP) is 3.69. The average Bonchev–Trinajstić information content (AvgIpc) is 2.87. The number of ketones is 1. The molecule has 3 rings (SSSR count). The van der Waals surface area contributed by atoms with Gasteiger partial charge >= 0.3 is 0 Å². The van der Waals surface area contributed by atoms with Gasteiger partial charge in [0.1, 0.15) is 11.3 Å². The lowest BCUT2D eigenvalue weighted by Gasteiger charge is -2.19. The number of hydrogen-bond donors (Lipinski definition) is 0. The SMILES string of the molecule is COc1ccc(C(=O)CCN2CCCCCC2)c2cccnc12. The molecular formula is C19H24N2O2. The maximum atomic E-state index is 12.7. The van der Waals surface area contributed by atoms with Crippen LogP contribution >= 0.6 is 0 Å². The van der Waals surface area contributed by atoms with Gasteiger partial charge in [-0.05, 0) is 44.1 Å². The lowest BCUT2D eigenvalue weighted by atomic mass is 10.0. The first-order chi connectivity index (χ1) is 11.3. The molecule has 1 fully saturated rings. The van der Waals surface area contributed by atoms with Gasteiger partial charge in [0.05, 0.1) is 7.11 Å². The largest absolute Gasteiger partial charge is 0.494 e. The molecule has 1 saturated heterocycles. The van der Waals surface area contributed by atoms with E-state index in [2.05, 4.69) is 9.88 Å². The molecule has 0 amide bonds. The Bertz CT molecular complexity index is 676. The number of aromatic nitrogens is 1. The number of rotatable bonds is 5. The van der Waals surface area contributed by atoms with Crippen molar-refractivity contribution in [2.45, 2.75) is 32.1 Å². The summed E-state index contributed by atoms with van der Waals surface area (Å²) in [5.74, 6) is 0.902. The molecule has 0 aliphatic carbocycles. The summed E-state index contributed by atoms with van der Waals surface area (Å²) in [5.41, 5.74) is 1.51. The van der Waals surface area contributed by atoms with Crippen LogP contribution in [-0.2, 0) is 0 Å². The number of carbonyl (C=O) groups excluding carboxylic acids is 1. The van der Waals surface area contributed by atoms with Crippen molar-refractivity contribution in [3.8, 4) is 5.75 Å². The molecule has 2 aromatic rings. The van der Waals surface area contributed by atoms with Gasteiger partial charge in [-0.15, -0.1) is 0 Å². The summed E-state index contributed by atoms with van der Waals surface area (Å²) in [4.78, 5) is 19.5. The molecule has 1 aliphatic heterocycles. The van der Waals surface area contributed by atoms with E-state index in [1.165, 1.54) is 25.7 Å².